The Bertz CT molecular complexity index is 1290. The Morgan fingerprint density at radius 3 is 1.53 bits per heavy atom. The number of hydrogen-bond acceptors (Lipinski definition) is 4. The molecular formula is C28H22N4O2. The standard InChI is InChI=1S/C28H22N4O2/c33-27(31(24-17-9-3-10-18-24)25-19-11-4-12-20-25)32-29-21-26(30-32)28(34,22-13-5-1-6-14-22)23-15-7-2-8-16-23/h1-21,34H. The second-order valence-corrected chi connectivity index (χ2v) is 7.75. The van der Waals surface area contributed by atoms with Crippen molar-refractivity contribution in [1.82, 2.24) is 15.0 Å². The number of amides is 1. The summed E-state index contributed by atoms with van der Waals surface area (Å²) in [7, 11) is 0. The Kier molecular flexibility index (Phi) is 5.72. The molecule has 1 heterocycles. The van der Waals surface area contributed by atoms with E-state index >= 15 is 0 Å². The molecule has 0 atom stereocenters. The molecule has 0 saturated heterocycles. The first kappa shape index (κ1) is 21.3. The van der Waals surface area contributed by atoms with Crippen LogP contribution < -0.4 is 4.90 Å². The van der Waals surface area contributed by atoms with Crippen molar-refractivity contribution in [3.63, 3.8) is 0 Å². The molecule has 0 unspecified atom stereocenters. The number of carbonyl (C=O) groups is 1. The molecular weight excluding hydrogens is 424 g/mol. The number of anilines is 2. The summed E-state index contributed by atoms with van der Waals surface area (Å²) in [5.41, 5.74) is 1.29. The van der Waals surface area contributed by atoms with Crippen molar-refractivity contribution in [3.8, 4) is 0 Å². The average Bonchev–Trinajstić information content (AvgIpc) is 3.42. The van der Waals surface area contributed by atoms with Crippen molar-refractivity contribution in [3.05, 3.63) is 144 Å². The van der Waals surface area contributed by atoms with Gasteiger partial charge in [0.05, 0.1) is 17.6 Å². The monoisotopic (exact) mass is 446 g/mol. The number of hydrogen-bond donors (Lipinski definition) is 1. The number of benzene rings is 4. The van der Waals surface area contributed by atoms with Crippen molar-refractivity contribution in [2.75, 3.05) is 4.90 Å². The third-order valence-electron chi connectivity index (χ3n) is 5.64. The lowest BCUT2D eigenvalue weighted by Gasteiger charge is -2.27. The van der Waals surface area contributed by atoms with Crippen LogP contribution >= 0.6 is 0 Å². The summed E-state index contributed by atoms with van der Waals surface area (Å²) in [4.78, 5) is 16.2. The molecule has 4 aromatic carbocycles. The van der Waals surface area contributed by atoms with Gasteiger partial charge in [-0.05, 0) is 35.4 Å². The van der Waals surface area contributed by atoms with Crippen LogP contribution in [0.25, 0.3) is 0 Å². The van der Waals surface area contributed by atoms with E-state index in [1.807, 2.05) is 121 Å². The summed E-state index contributed by atoms with van der Waals surface area (Å²) in [6.07, 6.45) is 1.44. The van der Waals surface area contributed by atoms with Gasteiger partial charge in [-0.2, -0.15) is 5.10 Å². The third-order valence-corrected chi connectivity index (χ3v) is 5.64. The summed E-state index contributed by atoms with van der Waals surface area (Å²) in [5, 5.41) is 20.7. The van der Waals surface area contributed by atoms with Gasteiger partial charge in [-0.1, -0.05) is 102 Å². The summed E-state index contributed by atoms with van der Waals surface area (Å²) in [6, 6.07) is 36.6. The molecule has 5 rings (SSSR count). The largest absolute Gasteiger partial charge is 0.374 e. The first-order valence-corrected chi connectivity index (χ1v) is 10.9. The van der Waals surface area contributed by atoms with Gasteiger partial charge in [0.1, 0.15) is 5.69 Å². The highest BCUT2D eigenvalue weighted by atomic mass is 16.3. The molecule has 0 aliphatic rings. The van der Waals surface area contributed by atoms with Gasteiger partial charge in [-0.3, -0.25) is 4.90 Å². The molecule has 0 aliphatic heterocycles. The van der Waals surface area contributed by atoms with Crippen LogP contribution in [-0.4, -0.2) is 26.1 Å². The maximum absolute atomic E-state index is 13.6. The van der Waals surface area contributed by atoms with Crippen molar-refractivity contribution in [2.24, 2.45) is 0 Å². The number of carbonyl (C=O) groups excluding carboxylic acids is 1. The van der Waals surface area contributed by atoms with Crippen molar-refractivity contribution in [1.29, 1.82) is 0 Å². The Balaban J connectivity index is 1.59. The summed E-state index contributed by atoms with van der Waals surface area (Å²) < 4.78 is 0. The van der Waals surface area contributed by atoms with E-state index in [4.69, 9.17) is 0 Å². The average molecular weight is 447 g/mol. The second-order valence-electron chi connectivity index (χ2n) is 7.75. The number of aliphatic hydroxyl groups is 1. The maximum Gasteiger partial charge on any atom is 0.371 e. The molecule has 166 valence electrons. The molecule has 0 fully saturated rings. The van der Waals surface area contributed by atoms with Gasteiger partial charge < -0.3 is 5.11 Å². The highest BCUT2D eigenvalue weighted by Crippen LogP contribution is 2.35. The van der Waals surface area contributed by atoms with Crippen LogP contribution in [0.15, 0.2) is 128 Å². The Hall–Kier alpha value is -4.55. The molecule has 6 heteroatoms. The van der Waals surface area contributed by atoms with Crippen LogP contribution in [0.5, 0.6) is 0 Å². The zero-order valence-electron chi connectivity index (χ0n) is 18.3. The van der Waals surface area contributed by atoms with Crippen LogP contribution in [-0.2, 0) is 5.60 Å². The van der Waals surface area contributed by atoms with Crippen molar-refractivity contribution >= 4 is 17.4 Å². The molecule has 0 spiro atoms. The van der Waals surface area contributed by atoms with Crippen LogP contribution in [0.2, 0.25) is 0 Å². The minimum atomic E-state index is -1.58. The van der Waals surface area contributed by atoms with E-state index in [-0.39, 0.29) is 5.69 Å². The minimum Gasteiger partial charge on any atom is -0.374 e. The first-order valence-electron chi connectivity index (χ1n) is 10.9. The predicted molar refractivity (Wildman–Crippen MR) is 131 cm³/mol. The fraction of sp³-hybridized carbons (Fsp3) is 0.0357. The minimum absolute atomic E-state index is 0.249. The predicted octanol–water partition coefficient (Wildman–Crippen LogP) is 5.37. The number of rotatable bonds is 5. The molecule has 1 N–H and O–H groups in total. The lowest BCUT2D eigenvalue weighted by Crippen LogP contribution is -2.33. The van der Waals surface area contributed by atoms with Gasteiger partial charge in [0.15, 0.2) is 5.60 Å². The smallest absolute Gasteiger partial charge is 0.371 e. The fourth-order valence-corrected chi connectivity index (χ4v) is 3.96. The molecule has 6 nitrogen and oxygen atoms in total. The van der Waals surface area contributed by atoms with E-state index < -0.39 is 11.6 Å². The van der Waals surface area contributed by atoms with E-state index in [2.05, 4.69) is 10.2 Å². The van der Waals surface area contributed by atoms with E-state index in [0.29, 0.717) is 22.5 Å². The van der Waals surface area contributed by atoms with Gasteiger partial charge in [-0.25, -0.2) is 4.79 Å². The number of nitrogens with zero attached hydrogens (tertiary/aromatic N) is 4. The van der Waals surface area contributed by atoms with Crippen molar-refractivity contribution < 1.29 is 9.90 Å². The molecule has 5 aromatic rings. The van der Waals surface area contributed by atoms with Crippen LogP contribution in [0, 0.1) is 0 Å². The lowest BCUT2D eigenvalue weighted by atomic mass is 9.84. The molecule has 0 aliphatic carbocycles. The number of para-hydroxylation sites is 2. The Morgan fingerprint density at radius 1 is 0.676 bits per heavy atom. The van der Waals surface area contributed by atoms with E-state index in [9.17, 15) is 9.90 Å². The summed E-state index contributed by atoms with van der Waals surface area (Å²) in [5.74, 6) is 0. The normalized spacial score (nSPS) is 11.2. The van der Waals surface area contributed by atoms with E-state index in [1.54, 1.807) is 0 Å². The van der Waals surface area contributed by atoms with Crippen LogP contribution in [0.3, 0.4) is 0 Å². The van der Waals surface area contributed by atoms with Gasteiger partial charge in [0, 0.05) is 0 Å². The molecule has 1 aromatic heterocycles. The zero-order chi connectivity index (χ0) is 23.4. The Labute approximate surface area is 197 Å². The third kappa shape index (κ3) is 3.87. The lowest BCUT2D eigenvalue weighted by molar-refractivity contribution is 0.120. The van der Waals surface area contributed by atoms with Gasteiger partial charge in [-0.15, -0.1) is 5.10 Å². The summed E-state index contributed by atoms with van der Waals surface area (Å²) >= 11 is 0. The van der Waals surface area contributed by atoms with Gasteiger partial charge >= 0.3 is 6.03 Å². The van der Waals surface area contributed by atoms with Crippen LogP contribution in [0.4, 0.5) is 16.2 Å². The molecule has 0 bridgehead atoms. The quantitative estimate of drug-likeness (QED) is 0.394. The second kappa shape index (κ2) is 9.13. The highest BCUT2D eigenvalue weighted by Gasteiger charge is 2.37. The van der Waals surface area contributed by atoms with E-state index in [0.717, 1.165) is 4.80 Å². The zero-order valence-corrected chi connectivity index (χ0v) is 18.3. The van der Waals surface area contributed by atoms with Gasteiger partial charge in [0.2, 0.25) is 0 Å². The maximum atomic E-state index is 13.6. The van der Waals surface area contributed by atoms with Crippen LogP contribution in [0.1, 0.15) is 16.8 Å². The first-order chi connectivity index (χ1) is 16.7. The number of aromatic nitrogens is 3. The molecule has 34 heavy (non-hydrogen) atoms. The molecule has 0 radical (unpaired) electrons. The molecule has 0 saturated carbocycles. The topological polar surface area (TPSA) is 71.2 Å². The fourth-order valence-electron chi connectivity index (χ4n) is 3.96. The summed E-state index contributed by atoms with van der Waals surface area (Å²) in [6.45, 7) is 0. The highest BCUT2D eigenvalue weighted by molar-refractivity contribution is 5.99. The van der Waals surface area contributed by atoms with E-state index in [1.165, 1.54) is 11.1 Å². The van der Waals surface area contributed by atoms with Crippen molar-refractivity contribution in [2.45, 2.75) is 5.60 Å². The van der Waals surface area contributed by atoms with Gasteiger partial charge in [0.25, 0.3) is 0 Å². The molecule has 1 amide bonds. The Morgan fingerprint density at radius 2 is 1.09 bits per heavy atom. The SMILES string of the molecule is O=C(N(c1ccccc1)c1ccccc1)n1ncc(C(O)(c2ccccc2)c2ccccc2)n1.